The molecule has 2 fully saturated rings. The number of amides is 7. The third-order valence-corrected chi connectivity index (χ3v) is 21.4. The first kappa shape index (κ1) is 91.2. The summed E-state index contributed by atoms with van der Waals surface area (Å²) >= 11 is 14.1. The molecule has 35 nitrogen and oxygen atoms in total. The number of halogens is 2. The number of aliphatic hydroxyl groups excluding tert-OH is 6. The molecule has 0 aromatic heterocycles. The minimum Gasteiger partial charge on any atom is -0.508 e. The summed E-state index contributed by atoms with van der Waals surface area (Å²) in [6.07, 6.45) is -4.19. The molecule has 7 heterocycles. The molecule has 1 unspecified atom stereocenters. The van der Waals surface area contributed by atoms with E-state index in [1.807, 2.05) is 13.8 Å². The molecule has 2 saturated heterocycles. The van der Waals surface area contributed by atoms with E-state index in [9.17, 15) is 79.8 Å². The number of rotatable bonds is 25. The summed E-state index contributed by atoms with van der Waals surface area (Å²) in [5.74, 6) is -16.6. The van der Waals surface area contributed by atoms with E-state index in [1.165, 1.54) is 90.8 Å². The number of likely N-dealkylation sites (N-methyl/N-ethyl adjacent to an activating group) is 1. The second kappa shape index (κ2) is 40.6. The van der Waals surface area contributed by atoms with Gasteiger partial charge in [-0.1, -0.05) is 126 Å². The van der Waals surface area contributed by atoms with Crippen LogP contribution >= 0.6 is 23.2 Å². The minimum atomic E-state index is -2.35. The van der Waals surface area contributed by atoms with Crippen LogP contribution in [-0.2, 0) is 57.4 Å². The lowest BCUT2D eigenvalue weighted by atomic mass is 9.86. The molecular formula is C80H103Cl2N9O26. The third kappa shape index (κ3) is 22.8. The molecule has 12 rings (SSSR count). The average molecular weight is 1680 g/mol. The fourth-order valence-corrected chi connectivity index (χ4v) is 14.9. The van der Waals surface area contributed by atoms with Crippen molar-refractivity contribution in [1.29, 1.82) is 0 Å². The van der Waals surface area contributed by atoms with Gasteiger partial charge in [0.1, 0.15) is 89.5 Å². The Kier molecular flexibility index (Phi) is 31.7. The van der Waals surface area contributed by atoms with Crippen LogP contribution in [0.15, 0.2) is 78.9 Å². The van der Waals surface area contributed by atoms with E-state index in [0.717, 1.165) is 79.6 Å². The molecule has 11 bridgehead atoms. The molecular weight excluding hydrogens is 1570 g/mol. The maximum absolute atomic E-state index is 16.0. The van der Waals surface area contributed by atoms with Gasteiger partial charge in [0.2, 0.25) is 53.4 Å². The lowest BCUT2D eigenvalue weighted by Crippen LogP contribution is -2.64. The fraction of sp³-hybridized carbons (Fsp3) is 0.512. The van der Waals surface area contributed by atoms with Gasteiger partial charge in [0, 0.05) is 41.1 Å². The number of unbranched alkanes of at least 4 members (excludes halogenated alkanes) is 10. The Labute approximate surface area is 683 Å². The van der Waals surface area contributed by atoms with Crippen molar-refractivity contribution in [3.8, 4) is 57.1 Å². The highest BCUT2D eigenvalue weighted by atomic mass is 35.5. The molecule has 0 aliphatic carbocycles. The van der Waals surface area contributed by atoms with Crippen LogP contribution in [0.1, 0.15) is 189 Å². The third-order valence-electron chi connectivity index (χ3n) is 20.8. The van der Waals surface area contributed by atoms with Crippen molar-refractivity contribution < 1.29 is 128 Å². The number of aliphatic carboxylic acids is 2. The van der Waals surface area contributed by atoms with E-state index in [4.69, 9.17) is 68.2 Å². The normalized spacial score (nSPS) is 26.9. The molecule has 5 aromatic carbocycles. The van der Waals surface area contributed by atoms with Gasteiger partial charge in [-0.25, -0.2) is 4.79 Å². The van der Waals surface area contributed by atoms with Gasteiger partial charge in [-0.05, 0) is 117 Å². The van der Waals surface area contributed by atoms with Gasteiger partial charge < -0.3 is 133 Å². The van der Waals surface area contributed by atoms with Gasteiger partial charge in [0.15, 0.2) is 29.9 Å². The lowest BCUT2D eigenvalue weighted by molar-refractivity contribution is -0.333. The number of nitrogens with one attached hydrogen (secondary N) is 7. The van der Waals surface area contributed by atoms with Gasteiger partial charge in [0.05, 0.1) is 41.3 Å². The topological polar surface area (TPSA) is 568 Å². The number of carbonyl (C=O) groups is 9. The number of carbonyl (C=O) groups excluding carboxylic acids is 7. The van der Waals surface area contributed by atoms with Gasteiger partial charge in [-0.15, -0.1) is 0 Å². The fourth-order valence-electron chi connectivity index (χ4n) is 14.4. The Morgan fingerprint density at radius 3 is 1.79 bits per heavy atom. The summed E-state index contributed by atoms with van der Waals surface area (Å²) in [4.78, 5) is 127. The first-order valence-corrected chi connectivity index (χ1v) is 39.4. The predicted molar refractivity (Wildman–Crippen MR) is 418 cm³/mol. The highest BCUT2D eigenvalue weighted by Gasteiger charge is 2.52. The number of benzene rings is 5. The van der Waals surface area contributed by atoms with E-state index < -0.39 is 243 Å². The zero-order valence-corrected chi connectivity index (χ0v) is 66.7. The van der Waals surface area contributed by atoms with Gasteiger partial charge >= 0.3 is 11.9 Å². The molecule has 22 N–H and O–H groups in total. The zero-order valence-electron chi connectivity index (χ0n) is 65.2. The van der Waals surface area contributed by atoms with Crippen molar-refractivity contribution in [3.63, 3.8) is 0 Å². The van der Waals surface area contributed by atoms with Crippen LogP contribution < -0.4 is 62.9 Å². The smallest absolute Gasteiger partial charge is 0.330 e. The maximum atomic E-state index is 16.0. The predicted octanol–water partition coefficient (Wildman–Crippen LogP) is 4.88. The number of aromatic hydroxyl groups is 3. The largest absolute Gasteiger partial charge is 0.508 e. The van der Waals surface area contributed by atoms with E-state index in [1.54, 1.807) is 0 Å². The van der Waals surface area contributed by atoms with E-state index in [-0.39, 0.29) is 46.2 Å². The van der Waals surface area contributed by atoms with Gasteiger partial charge in [0.25, 0.3) is 0 Å². The number of phenolic OH excluding ortho intramolecular Hbond substituents is 3. The quantitative estimate of drug-likeness (QED) is 0.0346. The first-order chi connectivity index (χ1) is 55.4. The van der Waals surface area contributed by atoms with Gasteiger partial charge in [-0.2, -0.15) is 0 Å². The number of hydrogen-bond acceptors (Lipinski definition) is 26. The molecule has 7 amide bonds. The summed E-state index contributed by atoms with van der Waals surface area (Å²) in [7, 11) is 1.47. The van der Waals surface area contributed by atoms with Crippen LogP contribution in [0.5, 0.6) is 46.0 Å². The summed E-state index contributed by atoms with van der Waals surface area (Å²) < 4.78 is 38.3. The number of carboxylic acid groups (broad SMARTS) is 2. The summed E-state index contributed by atoms with van der Waals surface area (Å²) in [5.41, 5.74) is 8.00. The Morgan fingerprint density at radius 2 is 1.23 bits per heavy atom. The second-order valence-corrected chi connectivity index (χ2v) is 31.2. The maximum Gasteiger partial charge on any atom is 0.330 e. The lowest BCUT2D eigenvalue weighted by Gasteiger charge is -2.47. The number of hydrogen-bond donors (Lipinski definition) is 20. The number of primary amides is 1. The monoisotopic (exact) mass is 1680 g/mol. The Balaban J connectivity index is 0.000000878. The summed E-state index contributed by atoms with van der Waals surface area (Å²) in [5, 5.41) is 139. The number of carboxylic acids is 2. The molecule has 117 heavy (non-hydrogen) atoms. The van der Waals surface area contributed by atoms with Crippen molar-refractivity contribution in [2.45, 2.75) is 240 Å². The zero-order chi connectivity index (χ0) is 85.6. The van der Waals surface area contributed by atoms with E-state index in [0.29, 0.717) is 6.42 Å². The molecule has 18 atom stereocenters. The molecule has 7 aliphatic rings. The van der Waals surface area contributed by atoms with Crippen LogP contribution in [-0.4, -0.2) is 202 Å². The Hall–Kier alpha value is -9.73. The van der Waals surface area contributed by atoms with Gasteiger partial charge in [-0.3, -0.25) is 38.4 Å². The Morgan fingerprint density at radius 1 is 0.658 bits per heavy atom. The number of fused-ring (bicyclic) bond motifs is 15. The van der Waals surface area contributed by atoms with E-state index >= 15 is 14.4 Å². The molecule has 37 heteroatoms. The average Bonchev–Trinajstić information content (AvgIpc) is 0.765. The standard InChI is InChI=1S/C66H75Cl2N9O24.C14H28O2/c1-23(2)12-34(71-5)58(88)76-49-51(83)26-7-10-38(32(67)14-26)97-40-16-28-17-41(55(40)101-65-56(54(86)53(85)42(22-78)99-65)100-44-21-66(4,70)57(87)24(3)96-44)98-39-11-8-27(15-33(39)68)52(84)50-63(93)75-48(64(94)95)31-18-29(79)19-37(81)45(31)30-13-25(6-9-36(30)80)46(60(90)77-50)74-61(91)47(28)73-59(89)35(20-43(69)82)72-62(49)92;1-2-3-4-5-6-7-8-9-10-11-12-13-14(15)16/h6-11,13-19,23-24,34-35,42,44,46-54,56-57,65,71,78-81,83-87H,12,20-22,70H2,1-5H3,(H2,69,82)(H,72,92)(H,73,89)(H,74,91)(H,75,93)(H,76,88)(H,77,90)(H,94,95);2-13H2,1H3,(H,15,16)/t24-,34+,35-,42+,44-,46+,47+,48+,49+,50-,51+,52+,53+,54-,56+,57?,65-,66-;/m0./s1. The van der Waals surface area contributed by atoms with Crippen molar-refractivity contribution in [1.82, 2.24) is 37.2 Å². The number of phenols is 3. The number of ether oxygens (including phenoxy) is 6. The first-order valence-electron chi connectivity index (χ1n) is 38.6. The molecule has 0 saturated carbocycles. The SMILES string of the molecule is CCCCCCCCCCCCCC(=O)O.CN[C@H](CC(C)C)C(=O)N[C@H]1C(=O)N[C@@H](CC(N)=O)C(=O)N[C@H]2C(=O)N[C@H]3C(=O)N[C@H](C(=O)N[C@@H](C(=O)O)c4cc(O)cc(O)c4-c4cc3ccc4O)[C@H](O)c3ccc(c(Cl)c3)Oc3cc2cc(c3O[C@@H]2O[C@H](CO)[C@@H](O)[C@H](O)[C@H]2O[C@H]2C[C@](C)(N)C(O)[C@H](C)O2)Oc2ccc(cc2Cl)[C@H]1O. The van der Waals surface area contributed by atoms with Crippen LogP contribution in [0.4, 0.5) is 0 Å². The minimum absolute atomic E-state index is 0.0975. The van der Waals surface area contributed by atoms with Crippen LogP contribution in [0.2, 0.25) is 10.0 Å². The highest BCUT2D eigenvalue weighted by molar-refractivity contribution is 6.32. The van der Waals surface area contributed by atoms with Crippen molar-refractivity contribution in [3.05, 3.63) is 117 Å². The van der Waals surface area contributed by atoms with Crippen molar-refractivity contribution in [2.75, 3.05) is 13.7 Å². The van der Waals surface area contributed by atoms with Crippen LogP contribution in [0, 0.1) is 5.92 Å². The summed E-state index contributed by atoms with van der Waals surface area (Å²) in [6.45, 7) is 7.91. The Bertz CT molecular complexity index is 4420. The van der Waals surface area contributed by atoms with E-state index in [2.05, 4.69) is 44.1 Å². The highest BCUT2D eigenvalue weighted by Crippen LogP contribution is 2.50. The van der Waals surface area contributed by atoms with Crippen molar-refractivity contribution >= 4 is 76.5 Å². The van der Waals surface area contributed by atoms with Crippen molar-refractivity contribution in [2.24, 2.45) is 17.4 Å². The molecule has 5 aromatic rings. The number of aliphatic hydroxyl groups is 6. The molecule has 0 spiro atoms. The number of nitrogens with two attached hydrogens (primary N) is 2. The molecule has 0 radical (unpaired) electrons. The molecule has 7 aliphatic heterocycles. The molecule has 638 valence electrons. The summed E-state index contributed by atoms with van der Waals surface area (Å²) in [6, 6.07) is -0.679. The second-order valence-electron chi connectivity index (χ2n) is 30.4. The van der Waals surface area contributed by atoms with Crippen LogP contribution in [0.25, 0.3) is 11.1 Å². The van der Waals surface area contributed by atoms with Crippen LogP contribution in [0.3, 0.4) is 0 Å².